The first-order valence-electron chi connectivity index (χ1n) is 3.68. The maximum Gasteiger partial charge on any atom is 0.416 e. The molecule has 14 heavy (non-hydrogen) atoms. The number of phenols is 2. The summed E-state index contributed by atoms with van der Waals surface area (Å²) in [6.07, 6.45) is -4.58. The molecule has 0 bridgehead atoms. The van der Waals surface area contributed by atoms with E-state index < -0.39 is 23.2 Å². The highest BCUT2D eigenvalue weighted by atomic mass is 19.4. The third kappa shape index (κ3) is 1.90. The second kappa shape index (κ2) is 3.38. The average Bonchev–Trinajstić information content (AvgIpc) is 2.07. The molecular formula is C8H8F3NO2. The van der Waals surface area contributed by atoms with Crippen molar-refractivity contribution in [1.29, 1.82) is 0 Å². The zero-order valence-electron chi connectivity index (χ0n) is 6.97. The molecule has 4 N–H and O–H groups in total. The number of hydrogen-bond acceptors (Lipinski definition) is 3. The van der Waals surface area contributed by atoms with Crippen LogP contribution in [0.3, 0.4) is 0 Å². The van der Waals surface area contributed by atoms with Crippen LogP contribution in [0.25, 0.3) is 0 Å². The minimum absolute atomic E-state index is 0.257. The van der Waals surface area contributed by atoms with Gasteiger partial charge in [-0.15, -0.1) is 0 Å². The summed E-state index contributed by atoms with van der Waals surface area (Å²) in [5, 5.41) is 17.8. The van der Waals surface area contributed by atoms with Crippen LogP contribution in [0.4, 0.5) is 13.2 Å². The van der Waals surface area contributed by atoms with Crippen molar-refractivity contribution in [1.82, 2.24) is 0 Å². The monoisotopic (exact) mass is 207 g/mol. The fourth-order valence-electron chi connectivity index (χ4n) is 1.05. The van der Waals surface area contributed by atoms with E-state index >= 15 is 0 Å². The van der Waals surface area contributed by atoms with Crippen molar-refractivity contribution in [3.8, 4) is 11.5 Å². The highest BCUT2D eigenvalue weighted by Crippen LogP contribution is 2.37. The van der Waals surface area contributed by atoms with Gasteiger partial charge < -0.3 is 15.9 Å². The Morgan fingerprint density at radius 3 is 2.07 bits per heavy atom. The number of phenolic OH excluding ortho intramolecular Hbond substituents is 2. The first-order valence-corrected chi connectivity index (χ1v) is 3.68. The smallest absolute Gasteiger partial charge is 0.416 e. The van der Waals surface area contributed by atoms with Gasteiger partial charge in [0, 0.05) is 6.54 Å². The number of rotatable bonds is 1. The number of alkyl halides is 3. The molecule has 0 fully saturated rings. The van der Waals surface area contributed by atoms with Gasteiger partial charge in [-0.3, -0.25) is 0 Å². The molecule has 0 radical (unpaired) electrons. The second-order valence-electron chi connectivity index (χ2n) is 2.70. The molecule has 0 aliphatic carbocycles. The van der Waals surface area contributed by atoms with Gasteiger partial charge in [0.2, 0.25) is 0 Å². The van der Waals surface area contributed by atoms with Crippen molar-refractivity contribution < 1.29 is 23.4 Å². The molecule has 0 atom stereocenters. The number of nitrogens with two attached hydrogens (primary N) is 1. The summed E-state index contributed by atoms with van der Waals surface area (Å²) in [5.41, 5.74) is 3.78. The van der Waals surface area contributed by atoms with Gasteiger partial charge in [0.1, 0.15) is 0 Å². The third-order valence-corrected chi connectivity index (χ3v) is 1.73. The van der Waals surface area contributed by atoms with Crippen molar-refractivity contribution in [2.45, 2.75) is 12.7 Å². The van der Waals surface area contributed by atoms with Crippen molar-refractivity contribution in [3.05, 3.63) is 23.3 Å². The molecule has 0 heterocycles. The van der Waals surface area contributed by atoms with Crippen LogP contribution in [0, 0.1) is 0 Å². The standard InChI is InChI=1S/C8H8F3NO2/c9-8(10,11)5-2-7(14)6(13)1-4(5)3-12/h1-2,13-14H,3,12H2. The molecule has 3 nitrogen and oxygen atoms in total. The fraction of sp³-hybridized carbons (Fsp3) is 0.250. The van der Waals surface area contributed by atoms with Gasteiger partial charge in [-0.25, -0.2) is 0 Å². The van der Waals surface area contributed by atoms with E-state index in [1.54, 1.807) is 0 Å². The Balaban J connectivity index is 3.35. The molecular weight excluding hydrogens is 199 g/mol. The molecule has 0 aliphatic rings. The Labute approximate surface area is 77.6 Å². The Hall–Kier alpha value is -1.43. The summed E-state index contributed by atoms with van der Waals surface area (Å²) in [6, 6.07) is 1.26. The Kier molecular flexibility index (Phi) is 2.57. The maximum atomic E-state index is 12.3. The quantitative estimate of drug-likeness (QED) is 0.612. The van der Waals surface area contributed by atoms with Crippen LogP contribution < -0.4 is 5.73 Å². The summed E-state index contributed by atoms with van der Waals surface area (Å²) in [7, 11) is 0. The van der Waals surface area contributed by atoms with Crippen LogP contribution in [0.15, 0.2) is 12.1 Å². The third-order valence-electron chi connectivity index (χ3n) is 1.73. The molecule has 0 saturated heterocycles. The SMILES string of the molecule is NCc1cc(O)c(O)cc1C(F)(F)F. The lowest BCUT2D eigenvalue weighted by Crippen LogP contribution is -2.11. The van der Waals surface area contributed by atoms with Crippen LogP contribution >= 0.6 is 0 Å². The van der Waals surface area contributed by atoms with Crippen LogP contribution in [0.1, 0.15) is 11.1 Å². The molecule has 6 heteroatoms. The van der Waals surface area contributed by atoms with Crippen LogP contribution in [0.5, 0.6) is 11.5 Å². The van der Waals surface area contributed by atoms with E-state index in [1.807, 2.05) is 0 Å². The zero-order valence-corrected chi connectivity index (χ0v) is 6.97. The molecule has 0 aromatic heterocycles. The van der Waals surface area contributed by atoms with Crippen LogP contribution in [-0.2, 0) is 12.7 Å². The first kappa shape index (κ1) is 10.6. The van der Waals surface area contributed by atoms with E-state index in [1.165, 1.54) is 0 Å². The van der Waals surface area contributed by atoms with Gasteiger partial charge in [-0.1, -0.05) is 0 Å². The van der Waals surface area contributed by atoms with Crippen molar-refractivity contribution >= 4 is 0 Å². The van der Waals surface area contributed by atoms with Crippen molar-refractivity contribution in [3.63, 3.8) is 0 Å². The predicted octanol–water partition coefficient (Wildman–Crippen LogP) is 1.58. The number of hydrogen-bond donors (Lipinski definition) is 3. The summed E-state index contributed by atoms with van der Waals surface area (Å²) >= 11 is 0. The van der Waals surface area contributed by atoms with E-state index in [0.717, 1.165) is 6.07 Å². The Morgan fingerprint density at radius 1 is 1.14 bits per heavy atom. The molecule has 0 unspecified atom stereocenters. The highest BCUT2D eigenvalue weighted by Gasteiger charge is 2.34. The molecule has 0 saturated carbocycles. The lowest BCUT2D eigenvalue weighted by molar-refractivity contribution is -0.138. The van der Waals surface area contributed by atoms with Crippen molar-refractivity contribution in [2.24, 2.45) is 5.73 Å². The van der Waals surface area contributed by atoms with E-state index in [0.29, 0.717) is 6.07 Å². The fourth-order valence-corrected chi connectivity index (χ4v) is 1.05. The number of aromatic hydroxyl groups is 2. The van der Waals surface area contributed by atoms with Gasteiger partial charge >= 0.3 is 6.18 Å². The number of halogens is 3. The minimum Gasteiger partial charge on any atom is -0.504 e. The molecule has 0 amide bonds. The van der Waals surface area contributed by atoms with Crippen molar-refractivity contribution in [2.75, 3.05) is 0 Å². The lowest BCUT2D eigenvalue weighted by Gasteiger charge is -2.12. The minimum atomic E-state index is -4.58. The summed E-state index contributed by atoms with van der Waals surface area (Å²) in [4.78, 5) is 0. The van der Waals surface area contributed by atoms with Gasteiger partial charge in [-0.2, -0.15) is 13.2 Å². The topological polar surface area (TPSA) is 66.5 Å². The highest BCUT2D eigenvalue weighted by molar-refractivity contribution is 5.46. The molecule has 0 spiro atoms. The summed E-state index contributed by atoms with van der Waals surface area (Å²) < 4.78 is 36.9. The molecule has 0 aliphatic heterocycles. The average molecular weight is 207 g/mol. The number of benzene rings is 1. The zero-order chi connectivity index (χ0) is 10.9. The Morgan fingerprint density at radius 2 is 1.64 bits per heavy atom. The van der Waals surface area contributed by atoms with Crippen LogP contribution in [-0.4, -0.2) is 10.2 Å². The van der Waals surface area contributed by atoms with Gasteiger partial charge in [0.25, 0.3) is 0 Å². The van der Waals surface area contributed by atoms with Gasteiger partial charge in [-0.05, 0) is 17.7 Å². The molecule has 1 aromatic rings. The largest absolute Gasteiger partial charge is 0.504 e. The second-order valence-corrected chi connectivity index (χ2v) is 2.70. The summed E-state index contributed by atoms with van der Waals surface area (Å²) in [6.45, 7) is -0.358. The van der Waals surface area contributed by atoms with E-state index in [9.17, 15) is 13.2 Å². The molecule has 1 rings (SSSR count). The summed E-state index contributed by atoms with van der Waals surface area (Å²) in [5.74, 6) is -1.42. The van der Waals surface area contributed by atoms with E-state index in [2.05, 4.69) is 0 Å². The normalized spacial score (nSPS) is 11.7. The van der Waals surface area contributed by atoms with E-state index in [-0.39, 0.29) is 12.1 Å². The van der Waals surface area contributed by atoms with Gasteiger partial charge in [0.15, 0.2) is 11.5 Å². The maximum absolute atomic E-state index is 12.3. The molecule has 78 valence electrons. The lowest BCUT2D eigenvalue weighted by atomic mass is 10.1. The molecule has 1 aromatic carbocycles. The predicted molar refractivity (Wildman–Crippen MR) is 42.7 cm³/mol. The van der Waals surface area contributed by atoms with Gasteiger partial charge in [0.05, 0.1) is 5.56 Å². The Bertz CT molecular complexity index is 349. The van der Waals surface area contributed by atoms with Crippen LogP contribution in [0.2, 0.25) is 0 Å². The first-order chi connectivity index (χ1) is 6.36. The van der Waals surface area contributed by atoms with E-state index in [4.69, 9.17) is 15.9 Å².